The first-order valence-corrected chi connectivity index (χ1v) is 8.02. The molecule has 0 saturated heterocycles. The minimum atomic E-state index is -0.280. The topological polar surface area (TPSA) is 54.9 Å². The number of halogens is 1. The predicted octanol–water partition coefficient (Wildman–Crippen LogP) is 4.06. The summed E-state index contributed by atoms with van der Waals surface area (Å²) in [6.45, 7) is 0. The van der Waals surface area contributed by atoms with Gasteiger partial charge in [-0.3, -0.25) is 10.1 Å². The summed E-state index contributed by atoms with van der Waals surface area (Å²) >= 11 is 2.67. The molecule has 1 N–H and O–H groups in total. The lowest BCUT2D eigenvalue weighted by Gasteiger charge is -1.97. The molecule has 1 amide bonds. The maximum atomic E-state index is 13.7. The number of hydrogen-bond donors (Lipinski definition) is 1. The van der Waals surface area contributed by atoms with Crippen LogP contribution < -0.4 is 5.32 Å². The van der Waals surface area contributed by atoms with E-state index in [0.717, 1.165) is 9.75 Å². The Morgan fingerprint density at radius 3 is 2.86 bits per heavy atom. The molecule has 0 fully saturated rings. The summed E-state index contributed by atoms with van der Waals surface area (Å²) in [4.78, 5) is 13.4. The molecule has 3 rings (SSSR count). The highest BCUT2D eigenvalue weighted by Gasteiger charge is 2.06. The number of benzene rings is 1. The molecular formula is C15H10FN3OS2. The van der Waals surface area contributed by atoms with Crippen LogP contribution in [-0.4, -0.2) is 16.1 Å². The van der Waals surface area contributed by atoms with E-state index in [1.165, 1.54) is 34.8 Å². The molecule has 0 unspecified atom stereocenters. The number of hydrogen-bond acceptors (Lipinski definition) is 5. The van der Waals surface area contributed by atoms with E-state index in [2.05, 4.69) is 15.5 Å². The summed E-state index contributed by atoms with van der Waals surface area (Å²) < 4.78 is 13.7. The molecule has 1 aromatic carbocycles. The lowest BCUT2D eigenvalue weighted by Crippen LogP contribution is -2.07. The monoisotopic (exact) mass is 331 g/mol. The number of amides is 1. The summed E-state index contributed by atoms with van der Waals surface area (Å²) in [6, 6.07) is 10.3. The van der Waals surface area contributed by atoms with Crippen LogP contribution in [0.2, 0.25) is 0 Å². The lowest BCUT2D eigenvalue weighted by molar-refractivity contribution is -0.111. The van der Waals surface area contributed by atoms with E-state index >= 15 is 0 Å². The van der Waals surface area contributed by atoms with Crippen LogP contribution >= 0.6 is 22.7 Å². The van der Waals surface area contributed by atoms with Crippen molar-refractivity contribution in [3.05, 3.63) is 58.7 Å². The van der Waals surface area contributed by atoms with Crippen molar-refractivity contribution in [2.75, 3.05) is 5.32 Å². The van der Waals surface area contributed by atoms with Gasteiger partial charge in [-0.25, -0.2) is 4.39 Å². The minimum absolute atomic E-state index is 0.256. The van der Waals surface area contributed by atoms with Gasteiger partial charge >= 0.3 is 0 Å². The Morgan fingerprint density at radius 2 is 2.09 bits per heavy atom. The van der Waals surface area contributed by atoms with Crippen LogP contribution in [0.1, 0.15) is 4.88 Å². The Bertz CT molecular complexity index is 812. The van der Waals surface area contributed by atoms with Crippen LogP contribution in [0.3, 0.4) is 0 Å². The zero-order valence-corrected chi connectivity index (χ0v) is 12.8. The van der Waals surface area contributed by atoms with Crippen LogP contribution in [0, 0.1) is 5.82 Å². The van der Waals surface area contributed by atoms with Crippen molar-refractivity contribution < 1.29 is 9.18 Å². The third-order valence-electron chi connectivity index (χ3n) is 2.76. The van der Waals surface area contributed by atoms with Crippen molar-refractivity contribution in [1.29, 1.82) is 0 Å². The Morgan fingerprint density at radius 1 is 1.23 bits per heavy atom. The van der Waals surface area contributed by atoms with Crippen molar-refractivity contribution in [3.8, 4) is 10.4 Å². The Balaban J connectivity index is 1.70. The van der Waals surface area contributed by atoms with Crippen molar-refractivity contribution in [1.82, 2.24) is 10.2 Å². The average Bonchev–Trinajstić information content (AvgIpc) is 3.17. The zero-order valence-electron chi connectivity index (χ0n) is 11.2. The molecule has 7 heteroatoms. The number of nitrogens with one attached hydrogen (secondary N) is 1. The number of carbonyl (C=O) groups is 1. The second-order valence-electron chi connectivity index (χ2n) is 4.25. The van der Waals surface area contributed by atoms with Crippen LogP contribution in [-0.2, 0) is 4.79 Å². The first kappa shape index (κ1) is 14.6. The molecule has 0 spiro atoms. The number of thiophene rings is 1. The summed E-state index contributed by atoms with van der Waals surface area (Å²) in [5.74, 6) is -0.536. The second kappa shape index (κ2) is 6.59. The van der Waals surface area contributed by atoms with E-state index in [-0.39, 0.29) is 11.7 Å². The van der Waals surface area contributed by atoms with Gasteiger partial charge in [-0.15, -0.1) is 21.5 Å². The van der Waals surface area contributed by atoms with Gasteiger partial charge in [0.05, 0.1) is 0 Å². The van der Waals surface area contributed by atoms with E-state index in [9.17, 15) is 9.18 Å². The van der Waals surface area contributed by atoms with Gasteiger partial charge in [-0.1, -0.05) is 29.5 Å². The van der Waals surface area contributed by atoms with E-state index in [0.29, 0.717) is 10.7 Å². The molecule has 0 saturated carbocycles. The van der Waals surface area contributed by atoms with Crippen LogP contribution in [0.4, 0.5) is 9.52 Å². The molecule has 4 nitrogen and oxygen atoms in total. The van der Waals surface area contributed by atoms with E-state index in [1.807, 2.05) is 12.1 Å². The van der Waals surface area contributed by atoms with Crippen molar-refractivity contribution in [2.24, 2.45) is 0 Å². The number of rotatable bonds is 4. The quantitative estimate of drug-likeness (QED) is 0.734. The standard InChI is InChI=1S/C15H10FN3OS2/c16-12-4-2-1-3-11(12)13-7-5-10(22-13)6-8-14(20)18-15-19-17-9-21-15/h1-9H,(H,18,19,20)/b8-6+. The fraction of sp³-hybridized carbons (Fsp3) is 0. The average molecular weight is 331 g/mol. The highest BCUT2D eigenvalue weighted by atomic mass is 32.1. The molecule has 3 aromatic rings. The molecule has 0 aliphatic rings. The molecule has 110 valence electrons. The summed E-state index contributed by atoms with van der Waals surface area (Å²) in [6.07, 6.45) is 3.10. The SMILES string of the molecule is O=C(/C=C/c1ccc(-c2ccccc2F)s1)Nc1nncs1. The maximum absolute atomic E-state index is 13.7. The first-order valence-electron chi connectivity index (χ1n) is 6.32. The number of carbonyl (C=O) groups excluding carboxylic acids is 1. The molecule has 2 aromatic heterocycles. The summed E-state index contributed by atoms with van der Waals surface area (Å²) in [5.41, 5.74) is 2.10. The maximum Gasteiger partial charge on any atom is 0.250 e. The van der Waals surface area contributed by atoms with Crippen LogP contribution in [0.15, 0.2) is 48.0 Å². The lowest BCUT2D eigenvalue weighted by atomic mass is 10.2. The third-order valence-corrected chi connectivity index (χ3v) is 4.45. The van der Waals surface area contributed by atoms with Gasteiger partial charge in [0, 0.05) is 21.4 Å². The third kappa shape index (κ3) is 3.44. The highest BCUT2D eigenvalue weighted by Crippen LogP contribution is 2.30. The fourth-order valence-electron chi connectivity index (χ4n) is 1.78. The van der Waals surface area contributed by atoms with E-state index in [1.54, 1.807) is 29.8 Å². The largest absolute Gasteiger partial charge is 0.297 e. The first-order chi connectivity index (χ1) is 10.7. The van der Waals surface area contributed by atoms with Gasteiger partial charge in [0.25, 0.3) is 0 Å². The normalized spacial score (nSPS) is 11.0. The van der Waals surface area contributed by atoms with E-state index in [4.69, 9.17) is 0 Å². The molecule has 0 bridgehead atoms. The van der Waals surface area contributed by atoms with Crippen molar-refractivity contribution >= 4 is 39.8 Å². The van der Waals surface area contributed by atoms with Crippen LogP contribution in [0.5, 0.6) is 0 Å². The van der Waals surface area contributed by atoms with E-state index < -0.39 is 0 Å². The smallest absolute Gasteiger partial charge is 0.250 e. The molecule has 2 heterocycles. The molecular weight excluding hydrogens is 321 g/mol. The highest BCUT2D eigenvalue weighted by molar-refractivity contribution is 7.16. The van der Waals surface area contributed by atoms with Gasteiger partial charge in [0.2, 0.25) is 11.0 Å². The van der Waals surface area contributed by atoms with Crippen molar-refractivity contribution in [2.45, 2.75) is 0 Å². The predicted molar refractivity (Wildman–Crippen MR) is 87.3 cm³/mol. The Labute approximate surface area is 134 Å². The number of nitrogens with zero attached hydrogens (tertiary/aromatic N) is 2. The molecule has 0 aliphatic carbocycles. The zero-order chi connectivity index (χ0) is 15.4. The second-order valence-corrected chi connectivity index (χ2v) is 6.20. The van der Waals surface area contributed by atoms with Gasteiger partial charge in [0.1, 0.15) is 11.3 Å². The number of aromatic nitrogens is 2. The fourth-order valence-corrected chi connectivity index (χ4v) is 3.17. The molecule has 0 aliphatic heterocycles. The molecule has 0 radical (unpaired) electrons. The van der Waals surface area contributed by atoms with Gasteiger partial charge in [-0.05, 0) is 24.3 Å². The minimum Gasteiger partial charge on any atom is -0.297 e. The number of anilines is 1. The summed E-state index contributed by atoms with van der Waals surface area (Å²) in [5, 5.41) is 10.4. The van der Waals surface area contributed by atoms with Gasteiger partial charge in [0.15, 0.2) is 0 Å². The van der Waals surface area contributed by atoms with Gasteiger partial charge in [-0.2, -0.15) is 0 Å². The molecule has 22 heavy (non-hydrogen) atoms. The van der Waals surface area contributed by atoms with Crippen molar-refractivity contribution in [3.63, 3.8) is 0 Å². The Hall–Kier alpha value is -2.38. The van der Waals surface area contributed by atoms with Gasteiger partial charge < -0.3 is 0 Å². The summed E-state index contributed by atoms with van der Waals surface area (Å²) in [7, 11) is 0. The van der Waals surface area contributed by atoms with Crippen LogP contribution in [0.25, 0.3) is 16.5 Å². The Kier molecular flexibility index (Phi) is 4.36. The molecule has 0 atom stereocenters.